The van der Waals surface area contributed by atoms with E-state index in [9.17, 15) is 4.79 Å². The Balaban J connectivity index is 1.62. The Morgan fingerprint density at radius 3 is 2.95 bits per heavy atom. The van der Waals surface area contributed by atoms with Crippen molar-refractivity contribution in [3.05, 3.63) is 39.3 Å². The number of benzene rings is 1. The summed E-state index contributed by atoms with van der Waals surface area (Å²) in [4.78, 5) is 14.5. The van der Waals surface area contributed by atoms with E-state index in [0.717, 1.165) is 18.0 Å². The van der Waals surface area contributed by atoms with Crippen LogP contribution in [0.25, 0.3) is 0 Å². The van der Waals surface area contributed by atoms with Gasteiger partial charge in [-0.3, -0.25) is 4.79 Å². The molecular formula is C13H11Cl2N3O2S. The zero-order valence-electron chi connectivity index (χ0n) is 10.8. The second kappa shape index (κ2) is 6.17. The van der Waals surface area contributed by atoms with Gasteiger partial charge >= 0.3 is 0 Å². The molecule has 0 bridgehead atoms. The van der Waals surface area contributed by atoms with Crippen molar-refractivity contribution in [2.45, 2.75) is 12.5 Å². The number of halogens is 2. The summed E-state index contributed by atoms with van der Waals surface area (Å²) in [7, 11) is 0. The van der Waals surface area contributed by atoms with Gasteiger partial charge in [-0.25, -0.2) is 0 Å². The van der Waals surface area contributed by atoms with Crippen LogP contribution < -0.4 is 4.74 Å². The van der Waals surface area contributed by atoms with Crippen LogP contribution in [0, 0.1) is 0 Å². The highest BCUT2D eigenvalue weighted by molar-refractivity contribution is 7.07. The van der Waals surface area contributed by atoms with Gasteiger partial charge in [0.2, 0.25) is 0 Å². The Morgan fingerprint density at radius 1 is 1.38 bits per heavy atom. The van der Waals surface area contributed by atoms with Crippen molar-refractivity contribution in [1.29, 1.82) is 0 Å². The van der Waals surface area contributed by atoms with Crippen LogP contribution in [-0.4, -0.2) is 39.6 Å². The largest absolute Gasteiger partial charge is 0.488 e. The number of likely N-dealkylation sites (tertiary alicyclic amines) is 1. The molecule has 1 aliphatic rings. The lowest BCUT2D eigenvalue weighted by Gasteiger charge is -2.16. The average Bonchev–Trinajstić information content (AvgIpc) is 3.13. The molecule has 110 valence electrons. The quantitative estimate of drug-likeness (QED) is 0.858. The van der Waals surface area contributed by atoms with E-state index in [1.165, 1.54) is 6.20 Å². The van der Waals surface area contributed by atoms with Gasteiger partial charge in [-0.05, 0) is 23.7 Å². The molecule has 1 aliphatic heterocycles. The molecule has 1 aromatic carbocycles. The molecule has 1 saturated heterocycles. The van der Waals surface area contributed by atoms with Crippen molar-refractivity contribution in [3.63, 3.8) is 0 Å². The third-order valence-corrected chi connectivity index (χ3v) is 4.59. The summed E-state index contributed by atoms with van der Waals surface area (Å²) in [5, 5.41) is 4.63. The molecule has 0 aliphatic carbocycles. The minimum Gasteiger partial charge on any atom is -0.488 e. The normalized spacial score (nSPS) is 18.0. The lowest BCUT2D eigenvalue weighted by molar-refractivity contribution is 0.0777. The molecular weight excluding hydrogens is 333 g/mol. The highest BCUT2D eigenvalue weighted by Gasteiger charge is 2.29. The van der Waals surface area contributed by atoms with Gasteiger partial charge in [0.15, 0.2) is 0 Å². The van der Waals surface area contributed by atoms with Gasteiger partial charge in [0.05, 0.1) is 22.8 Å². The smallest absolute Gasteiger partial charge is 0.267 e. The molecule has 0 N–H and O–H groups in total. The zero-order chi connectivity index (χ0) is 14.8. The first-order chi connectivity index (χ1) is 10.1. The number of amides is 1. The summed E-state index contributed by atoms with van der Waals surface area (Å²) in [6, 6.07) is 5.15. The maximum atomic E-state index is 12.2. The predicted molar refractivity (Wildman–Crippen MR) is 81.3 cm³/mol. The number of carbonyl (C=O) groups excluding carboxylic acids is 1. The molecule has 1 atom stereocenters. The molecule has 0 saturated carbocycles. The van der Waals surface area contributed by atoms with E-state index in [-0.39, 0.29) is 12.0 Å². The number of aromatic nitrogens is 2. The van der Waals surface area contributed by atoms with Crippen LogP contribution in [0.2, 0.25) is 10.0 Å². The molecule has 1 aromatic heterocycles. The van der Waals surface area contributed by atoms with Gasteiger partial charge in [0.1, 0.15) is 16.7 Å². The van der Waals surface area contributed by atoms with Gasteiger partial charge in [0, 0.05) is 19.0 Å². The predicted octanol–water partition coefficient (Wildman–Crippen LogP) is 3.14. The molecule has 2 aromatic rings. The van der Waals surface area contributed by atoms with Crippen LogP contribution >= 0.6 is 34.7 Å². The van der Waals surface area contributed by atoms with E-state index < -0.39 is 0 Å². The number of rotatable bonds is 3. The molecule has 5 nitrogen and oxygen atoms in total. The maximum absolute atomic E-state index is 12.2. The molecule has 1 fully saturated rings. The summed E-state index contributed by atoms with van der Waals surface area (Å²) >= 11 is 12.9. The minimum atomic E-state index is -0.0507. The fourth-order valence-electron chi connectivity index (χ4n) is 2.17. The summed E-state index contributed by atoms with van der Waals surface area (Å²) < 4.78 is 9.55. The third-order valence-electron chi connectivity index (χ3n) is 3.20. The molecule has 1 amide bonds. The van der Waals surface area contributed by atoms with E-state index in [4.69, 9.17) is 27.9 Å². The third kappa shape index (κ3) is 3.28. The van der Waals surface area contributed by atoms with Crippen LogP contribution in [0.3, 0.4) is 0 Å². The molecule has 0 radical (unpaired) electrons. The second-order valence-electron chi connectivity index (χ2n) is 4.64. The second-order valence-corrected chi connectivity index (χ2v) is 6.24. The van der Waals surface area contributed by atoms with Gasteiger partial charge in [-0.1, -0.05) is 27.7 Å². The monoisotopic (exact) mass is 343 g/mol. The summed E-state index contributed by atoms with van der Waals surface area (Å²) in [6.45, 7) is 1.19. The first kappa shape index (κ1) is 14.6. The SMILES string of the molecule is O=C(c1cnns1)N1CC[C@H](Oc2ccc(Cl)c(Cl)c2)C1. The molecule has 3 rings (SSSR count). The van der Waals surface area contributed by atoms with Crippen molar-refractivity contribution in [2.24, 2.45) is 0 Å². The maximum Gasteiger partial charge on any atom is 0.267 e. The molecule has 21 heavy (non-hydrogen) atoms. The first-order valence-corrected chi connectivity index (χ1v) is 7.85. The lowest BCUT2D eigenvalue weighted by Crippen LogP contribution is -2.30. The number of hydrogen-bond acceptors (Lipinski definition) is 5. The fraction of sp³-hybridized carbons (Fsp3) is 0.308. The minimum absolute atomic E-state index is 0.0490. The Morgan fingerprint density at radius 2 is 2.24 bits per heavy atom. The number of hydrogen-bond donors (Lipinski definition) is 0. The molecule has 2 heterocycles. The lowest BCUT2D eigenvalue weighted by atomic mass is 10.3. The van der Waals surface area contributed by atoms with Crippen LogP contribution in [0.1, 0.15) is 16.1 Å². The number of nitrogens with zero attached hydrogens (tertiary/aromatic N) is 3. The summed E-state index contributed by atoms with van der Waals surface area (Å²) in [5.74, 6) is 0.605. The van der Waals surface area contributed by atoms with Crippen molar-refractivity contribution >= 4 is 40.6 Å². The van der Waals surface area contributed by atoms with Crippen molar-refractivity contribution in [3.8, 4) is 5.75 Å². The highest BCUT2D eigenvalue weighted by atomic mass is 35.5. The topological polar surface area (TPSA) is 55.3 Å². The number of carbonyl (C=O) groups is 1. The Hall–Kier alpha value is -1.37. The van der Waals surface area contributed by atoms with Gasteiger partial charge in [0.25, 0.3) is 5.91 Å². The van der Waals surface area contributed by atoms with Crippen molar-refractivity contribution < 1.29 is 9.53 Å². The summed E-state index contributed by atoms with van der Waals surface area (Å²) in [5.41, 5.74) is 0. The molecule has 8 heteroatoms. The van der Waals surface area contributed by atoms with Crippen molar-refractivity contribution in [1.82, 2.24) is 14.5 Å². The Bertz CT molecular complexity index is 651. The van der Waals surface area contributed by atoms with Gasteiger partial charge in [-0.15, -0.1) is 5.10 Å². The van der Waals surface area contributed by atoms with Crippen LogP contribution in [0.4, 0.5) is 0 Å². The standard InChI is InChI=1S/C13H11Cl2N3O2S/c14-10-2-1-8(5-11(10)15)20-9-3-4-18(7-9)13(19)12-6-16-17-21-12/h1-2,5-6,9H,3-4,7H2/t9-/m0/s1. The number of ether oxygens (including phenoxy) is 1. The van der Waals surface area contributed by atoms with E-state index in [1.807, 2.05) is 0 Å². The Kier molecular flexibility index (Phi) is 4.28. The molecule has 0 spiro atoms. The van der Waals surface area contributed by atoms with Gasteiger partial charge in [-0.2, -0.15) is 0 Å². The average molecular weight is 344 g/mol. The van der Waals surface area contributed by atoms with Crippen molar-refractivity contribution in [2.75, 3.05) is 13.1 Å². The fourth-order valence-corrected chi connectivity index (χ4v) is 2.94. The van der Waals surface area contributed by atoms with Crippen LogP contribution in [0.15, 0.2) is 24.4 Å². The van der Waals surface area contributed by atoms with E-state index in [2.05, 4.69) is 9.59 Å². The van der Waals surface area contributed by atoms with E-state index >= 15 is 0 Å². The highest BCUT2D eigenvalue weighted by Crippen LogP contribution is 2.28. The first-order valence-electron chi connectivity index (χ1n) is 6.32. The Labute approximate surface area is 135 Å². The molecule has 0 unspecified atom stereocenters. The van der Waals surface area contributed by atoms with E-state index in [1.54, 1.807) is 23.1 Å². The zero-order valence-corrected chi connectivity index (χ0v) is 13.2. The van der Waals surface area contributed by atoms with Crippen LogP contribution in [-0.2, 0) is 0 Å². The summed E-state index contributed by atoms with van der Waals surface area (Å²) in [6.07, 6.45) is 2.21. The van der Waals surface area contributed by atoms with Gasteiger partial charge < -0.3 is 9.64 Å². The van der Waals surface area contributed by atoms with Crippen LogP contribution in [0.5, 0.6) is 5.75 Å². The van der Waals surface area contributed by atoms with E-state index in [0.29, 0.717) is 33.8 Å².